The van der Waals surface area contributed by atoms with Crippen LogP contribution in [0.15, 0.2) is 30.3 Å². The first-order chi connectivity index (χ1) is 7.97. The van der Waals surface area contributed by atoms with E-state index >= 15 is 0 Å². The van der Waals surface area contributed by atoms with Gasteiger partial charge in [-0.15, -0.1) is 0 Å². The molecule has 0 heterocycles. The second-order valence-electron chi connectivity index (χ2n) is 3.61. The van der Waals surface area contributed by atoms with E-state index in [0.29, 0.717) is 4.20 Å². The fourth-order valence-corrected chi connectivity index (χ4v) is 2.78. The second-order valence-corrected chi connectivity index (χ2v) is 5.77. The van der Waals surface area contributed by atoms with Crippen LogP contribution in [0.25, 0.3) is 4.85 Å². The Kier molecular flexibility index (Phi) is 4.67. The highest BCUT2D eigenvalue weighted by Gasteiger charge is 2.36. The van der Waals surface area contributed by atoms with Crippen molar-refractivity contribution >= 4 is 34.1 Å². The van der Waals surface area contributed by atoms with E-state index in [9.17, 15) is 4.79 Å². The number of hydrogen-bond acceptors (Lipinski definition) is 3. The third kappa shape index (κ3) is 4.17. The molecule has 0 spiro atoms. The van der Waals surface area contributed by atoms with Gasteiger partial charge in [-0.1, -0.05) is 42.5 Å². The number of carboxylic acids is 1. The van der Waals surface area contributed by atoms with Gasteiger partial charge in [0.25, 0.3) is 4.87 Å². The van der Waals surface area contributed by atoms with Crippen LogP contribution in [-0.4, -0.2) is 20.1 Å². The lowest BCUT2D eigenvalue weighted by molar-refractivity contribution is -0.137. The molecular formula is C12H11NO2S2. The van der Waals surface area contributed by atoms with Gasteiger partial charge in [-0.3, -0.25) is 9.64 Å². The molecule has 0 aliphatic carbocycles. The Labute approximate surface area is 110 Å². The van der Waals surface area contributed by atoms with Crippen molar-refractivity contribution in [3.8, 4) is 0 Å². The van der Waals surface area contributed by atoms with Crippen LogP contribution < -0.4 is 0 Å². The summed E-state index contributed by atoms with van der Waals surface area (Å²) < 4.78 is 0.547. The Morgan fingerprint density at radius 1 is 1.53 bits per heavy atom. The molecule has 1 aromatic rings. The van der Waals surface area contributed by atoms with Crippen molar-refractivity contribution in [2.75, 3.05) is 0 Å². The van der Waals surface area contributed by atoms with Gasteiger partial charge in [0, 0.05) is 6.92 Å². The predicted molar refractivity (Wildman–Crippen MR) is 73.0 cm³/mol. The molecule has 0 aliphatic heterocycles. The summed E-state index contributed by atoms with van der Waals surface area (Å²) in [4.78, 5) is 13.0. The highest BCUT2D eigenvalue weighted by atomic mass is 32.2. The van der Waals surface area contributed by atoms with Gasteiger partial charge in [0.05, 0.1) is 4.20 Å². The van der Waals surface area contributed by atoms with Gasteiger partial charge < -0.3 is 5.11 Å². The Balaban J connectivity index is 2.80. The minimum atomic E-state index is -1.04. The Bertz CT molecular complexity index is 467. The summed E-state index contributed by atoms with van der Waals surface area (Å²) >= 11 is 6.34. The monoisotopic (exact) mass is 265 g/mol. The predicted octanol–water partition coefficient (Wildman–Crippen LogP) is 3.21. The molecule has 0 radical (unpaired) electrons. The Hall–Kier alpha value is -1.38. The zero-order valence-electron chi connectivity index (χ0n) is 9.21. The third-order valence-corrected chi connectivity index (χ3v) is 3.62. The van der Waals surface area contributed by atoms with Crippen molar-refractivity contribution in [2.24, 2.45) is 0 Å². The lowest BCUT2D eigenvalue weighted by atomic mass is 10.2. The minimum absolute atomic E-state index is 0.228. The Morgan fingerprint density at radius 3 is 2.59 bits per heavy atom. The van der Waals surface area contributed by atoms with E-state index in [0.717, 1.165) is 17.3 Å². The third-order valence-electron chi connectivity index (χ3n) is 2.04. The molecule has 5 heteroatoms. The fourth-order valence-electron chi connectivity index (χ4n) is 1.21. The zero-order valence-corrected chi connectivity index (χ0v) is 10.8. The molecule has 0 saturated carbocycles. The molecule has 1 unspecified atom stereocenters. The van der Waals surface area contributed by atoms with Gasteiger partial charge in [0.1, 0.15) is 6.42 Å². The number of aliphatic carboxylic acids is 1. The van der Waals surface area contributed by atoms with Crippen LogP contribution in [0, 0.1) is 6.57 Å². The molecule has 3 nitrogen and oxygen atoms in total. The van der Waals surface area contributed by atoms with Gasteiger partial charge in [0.15, 0.2) is 0 Å². The minimum Gasteiger partial charge on any atom is -0.481 e. The van der Waals surface area contributed by atoms with Crippen molar-refractivity contribution in [3.05, 3.63) is 47.3 Å². The summed E-state index contributed by atoms with van der Waals surface area (Å²) in [6, 6.07) is 9.28. The van der Waals surface area contributed by atoms with Crippen LogP contribution in [0.4, 0.5) is 0 Å². The highest BCUT2D eigenvalue weighted by Crippen LogP contribution is 2.33. The lowest BCUT2D eigenvalue weighted by Crippen LogP contribution is -2.21. The molecule has 0 fully saturated rings. The van der Waals surface area contributed by atoms with Crippen LogP contribution in [0.1, 0.15) is 18.9 Å². The van der Waals surface area contributed by atoms with E-state index in [4.69, 9.17) is 23.9 Å². The number of thioether (sulfide) groups is 1. The summed E-state index contributed by atoms with van der Waals surface area (Å²) in [6.07, 6.45) is -0.228. The number of hydrogen-bond donors (Lipinski definition) is 1. The quantitative estimate of drug-likeness (QED) is 0.670. The first-order valence-corrected chi connectivity index (χ1v) is 6.08. The highest BCUT2D eigenvalue weighted by molar-refractivity contribution is 8.24. The summed E-state index contributed by atoms with van der Waals surface area (Å²) in [5.74, 6) is -0.994. The number of rotatable bonds is 4. The molecule has 1 aromatic carbocycles. The van der Waals surface area contributed by atoms with E-state index in [1.165, 1.54) is 0 Å². The first-order valence-electron chi connectivity index (χ1n) is 4.86. The van der Waals surface area contributed by atoms with Gasteiger partial charge in [-0.25, -0.2) is 6.57 Å². The molecule has 88 valence electrons. The summed E-state index contributed by atoms with van der Waals surface area (Å²) in [7, 11) is 0. The molecule has 1 atom stereocenters. The molecule has 0 bridgehead atoms. The number of nitrogens with zero attached hydrogens (tertiary/aromatic N) is 1. The molecule has 0 aliphatic rings. The SMILES string of the molecule is [C-]#[N+]C(C)(CC(=O)O)SC(=S)c1ccccc1. The average molecular weight is 265 g/mol. The summed E-state index contributed by atoms with van der Waals surface area (Å²) in [5, 5.41) is 8.76. The van der Waals surface area contributed by atoms with Crippen LogP contribution in [-0.2, 0) is 4.79 Å². The van der Waals surface area contributed by atoms with Crippen LogP contribution in [0.2, 0.25) is 0 Å². The van der Waals surface area contributed by atoms with E-state index in [1.807, 2.05) is 30.3 Å². The smallest absolute Gasteiger partial charge is 0.312 e. The average Bonchev–Trinajstić information content (AvgIpc) is 2.29. The van der Waals surface area contributed by atoms with E-state index in [1.54, 1.807) is 6.92 Å². The van der Waals surface area contributed by atoms with Crippen molar-refractivity contribution in [1.82, 2.24) is 0 Å². The largest absolute Gasteiger partial charge is 0.481 e. The van der Waals surface area contributed by atoms with Crippen LogP contribution >= 0.6 is 24.0 Å². The molecule has 1 rings (SSSR count). The number of carbonyl (C=O) groups is 1. The first kappa shape index (κ1) is 13.7. The van der Waals surface area contributed by atoms with Gasteiger partial charge in [-0.2, -0.15) is 0 Å². The zero-order chi connectivity index (χ0) is 12.9. The standard InChI is InChI=1S/C12H11NO2S2/c1-12(13-2,8-10(14)15)17-11(16)9-6-4-3-5-7-9/h3-7H,8H2,1H3,(H,14,15). The van der Waals surface area contributed by atoms with E-state index in [2.05, 4.69) is 4.85 Å². The van der Waals surface area contributed by atoms with Crippen molar-refractivity contribution < 1.29 is 9.90 Å². The van der Waals surface area contributed by atoms with Crippen molar-refractivity contribution in [3.63, 3.8) is 0 Å². The van der Waals surface area contributed by atoms with Crippen LogP contribution in [0.5, 0.6) is 0 Å². The number of carboxylic acid groups (broad SMARTS) is 1. The topological polar surface area (TPSA) is 41.7 Å². The normalized spacial score (nSPS) is 13.4. The summed E-state index contributed by atoms with van der Waals surface area (Å²) in [5.41, 5.74) is 0.841. The van der Waals surface area contributed by atoms with Gasteiger partial charge >= 0.3 is 5.97 Å². The maximum absolute atomic E-state index is 10.7. The molecule has 17 heavy (non-hydrogen) atoms. The van der Waals surface area contributed by atoms with E-state index < -0.39 is 10.8 Å². The van der Waals surface area contributed by atoms with Crippen LogP contribution in [0.3, 0.4) is 0 Å². The van der Waals surface area contributed by atoms with Crippen molar-refractivity contribution in [2.45, 2.75) is 18.2 Å². The molecule has 0 amide bonds. The van der Waals surface area contributed by atoms with Gasteiger partial charge in [0.2, 0.25) is 0 Å². The van der Waals surface area contributed by atoms with E-state index in [-0.39, 0.29) is 6.42 Å². The summed E-state index contributed by atoms with van der Waals surface area (Å²) in [6.45, 7) is 8.68. The van der Waals surface area contributed by atoms with Gasteiger partial charge in [-0.05, 0) is 17.3 Å². The maximum Gasteiger partial charge on any atom is 0.312 e. The number of thiocarbonyl (C=S) groups is 1. The van der Waals surface area contributed by atoms with Crippen molar-refractivity contribution in [1.29, 1.82) is 0 Å². The second kappa shape index (κ2) is 5.80. The molecule has 0 saturated heterocycles. The number of benzene rings is 1. The Morgan fingerprint density at radius 2 is 2.12 bits per heavy atom. The molecular weight excluding hydrogens is 254 g/mol. The molecule has 0 aromatic heterocycles. The fraction of sp³-hybridized carbons (Fsp3) is 0.250. The molecule has 1 N–H and O–H groups in total. The lowest BCUT2D eigenvalue weighted by Gasteiger charge is -2.14. The maximum atomic E-state index is 10.7.